The van der Waals surface area contributed by atoms with Gasteiger partial charge in [-0.25, -0.2) is 0 Å². The van der Waals surface area contributed by atoms with Gasteiger partial charge in [0.05, 0.1) is 0 Å². The Hall–Kier alpha value is -1.18. The Kier molecular flexibility index (Phi) is 2.81. The average molecular weight is 177 g/mol. The Balaban J connectivity index is 2.87. The highest BCUT2D eigenvalue weighted by molar-refractivity contribution is 5.77. The van der Waals surface area contributed by atoms with Crippen LogP contribution in [-0.4, -0.2) is 10.8 Å². The lowest BCUT2D eigenvalue weighted by molar-refractivity contribution is -0.118. The molecule has 1 aromatic heterocycles. The molecule has 13 heavy (non-hydrogen) atoms. The molecule has 0 aliphatic rings. The SMILES string of the molecule is CC(=O)CC(C)(C)c1cccnc1. The Morgan fingerprint density at radius 3 is 2.69 bits per heavy atom. The van der Waals surface area contributed by atoms with Gasteiger partial charge >= 0.3 is 0 Å². The number of hydrogen-bond donors (Lipinski definition) is 0. The summed E-state index contributed by atoms with van der Waals surface area (Å²) in [5.74, 6) is 0.217. The molecule has 0 atom stereocenters. The minimum absolute atomic E-state index is 0.0971. The van der Waals surface area contributed by atoms with E-state index in [1.54, 1.807) is 13.1 Å². The monoisotopic (exact) mass is 177 g/mol. The second-order valence-corrected chi connectivity index (χ2v) is 4.00. The topological polar surface area (TPSA) is 30.0 Å². The highest BCUT2D eigenvalue weighted by Crippen LogP contribution is 2.25. The van der Waals surface area contributed by atoms with Gasteiger partial charge in [-0.15, -0.1) is 0 Å². The Bertz CT molecular complexity index is 290. The first kappa shape index (κ1) is 9.90. The van der Waals surface area contributed by atoms with Crippen molar-refractivity contribution in [3.05, 3.63) is 30.1 Å². The number of carbonyl (C=O) groups excluding carboxylic acids is 1. The zero-order valence-electron chi connectivity index (χ0n) is 8.37. The number of rotatable bonds is 3. The highest BCUT2D eigenvalue weighted by atomic mass is 16.1. The third-order valence-electron chi connectivity index (χ3n) is 2.13. The summed E-state index contributed by atoms with van der Waals surface area (Å²) in [5, 5.41) is 0. The molecule has 1 rings (SSSR count). The third kappa shape index (κ3) is 2.65. The largest absolute Gasteiger partial charge is 0.300 e. The van der Waals surface area contributed by atoms with Crippen LogP contribution >= 0.6 is 0 Å². The quantitative estimate of drug-likeness (QED) is 0.709. The van der Waals surface area contributed by atoms with E-state index in [1.165, 1.54) is 0 Å². The van der Waals surface area contributed by atoms with Crippen molar-refractivity contribution in [1.29, 1.82) is 0 Å². The minimum Gasteiger partial charge on any atom is -0.300 e. The molecule has 0 spiro atoms. The summed E-state index contributed by atoms with van der Waals surface area (Å²) in [7, 11) is 0. The lowest BCUT2D eigenvalue weighted by Gasteiger charge is -2.22. The normalized spacial score (nSPS) is 11.3. The minimum atomic E-state index is -0.0971. The summed E-state index contributed by atoms with van der Waals surface area (Å²) in [6.45, 7) is 5.74. The molecular formula is C11H15NO. The fourth-order valence-corrected chi connectivity index (χ4v) is 1.49. The van der Waals surface area contributed by atoms with E-state index < -0.39 is 0 Å². The predicted molar refractivity (Wildman–Crippen MR) is 52.6 cm³/mol. The van der Waals surface area contributed by atoms with Gasteiger partial charge < -0.3 is 0 Å². The number of nitrogens with zero attached hydrogens (tertiary/aromatic N) is 1. The van der Waals surface area contributed by atoms with Crippen molar-refractivity contribution in [2.24, 2.45) is 0 Å². The average Bonchev–Trinajstić information content (AvgIpc) is 2.04. The van der Waals surface area contributed by atoms with Crippen molar-refractivity contribution in [2.45, 2.75) is 32.6 Å². The molecule has 0 aliphatic heterocycles. The maximum atomic E-state index is 11.0. The predicted octanol–water partition coefficient (Wildman–Crippen LogP) is 2.34. The molecular weight excluding hydrogens is 162 g/mol. The fourth-order valence-electron chi connectivity index (χ4n) is 1.49. The van der Waals surface area contributed by atoms with E-state index in [0.29, 0.717) is 6.42 Å². The molecule has 70 valence electrons. The molecule has 0 N–H and O–H groups in total. The van der Waals surface area contributed by atoms with Crippen molar-refractivity contribution in [3.63, 3.8) is 0 Å². The molecule has 0 radical (unpaired) electrons. The maximum Gasteiger partial charge on any atom is 0.130 e. The number of ketones is 1. The van der Waals surface area contributed by atoms with E-state index >= 15 is 0 Å². The van der Waals surface area contributed by atoms with Gasteiger partial charge in [0.25, 0.3) is 0 Å². The number of aromatic nitrogens is 1. The van der Waals surface area contributed by atoms with E-state index in [1.807, 2.05) is 18.3 Å². The molecule has 0 fully saturated rings. The second-order valence-electron chi connectivity index (χ2n) is 4.00. The lowest BCUT2D eigenvalue weighted by Crippen LogP contribution is -2.20. The maximum absolute atomic E-state index is 11.0. The summed E-state index contributed by atoms with van der Waals surface area (Å²) in [5.41, 5.74) is 1.02. The summed E-state index contributed by atoms with van der Waals surface area (Å²) in [6, 6.07) is 3.91. The molecule has 0 unspecified atom stereocenters. The van der Waals surface area contributed by atoms with E-state index in [9.17, 15) is 4.79 Å². The van der Waals surface area contributed by atoms with E-state index in [4.69, 9.17) is 0 Å². The van der Waals surface area contributed by atoms with Crippen molar-refractivity contribution >= 4 is 5.78 Å². The number of pyridine rings is 1. The van der Waals surface area contributed by atoms with Crippen LogP contribution < -0.4 is 0 Å². The van der Waals surface area contributed by atoms with Crippen molar-refractivity contribution in [1.82, 2.24) is 4.98 Å². The molecule has 1 heterocycles. The van der Waals surface area contributed by atoms with Gasteiger partial charge in [0.2, 0.25) is 0 Å². The van der Waals surface area contributed by atoms with Crippen LogP contribution in [0.2, 0.25) is 0 Å². The van der Waals surface area contributed by atoms with E-state index in [0.717, 1.165) is 5.56 Å². The van der Waals surface area contributed by atoms with E-state index in [-0.39, 0.29) is 11.2 Å². The van der Waals surface area contributed by atoms with Crippen LogP contribution in [0.25, 0.3) is 0 Å². The van der Waals surface area contributed by atoms with Crippen LogP contribution in [-0.2, 0) is 10.2 Å². The number of carbonyl (C=O) groups is 1. The zero-order chi connectivity index (χ0) is 9.90. The molecule has 0 aromatic carbocycles. The van der Waals surface area contributed by atoms with Crippen LogP contribution in [0.4, 0.5) is 0 Å². The first-order valence-electron chi connectivity index (χ1n) is 4.42. The molecule has 1 aromatic rings. The van der Waals surface area contributed by atoms with Crippen molar-refractivity contribution in [2.75, 3.05) is 0 Å². The van der Waals surface area contributed by atoms with Gasteiger partial charge in [-0.1, -0.05) is 19.9 Å². The van der Waals surface area contributed by atoms with Crippen LogP contribution in [0.15, 0.2) is 24.5 Å². The summed E-state index contributed by atoms with van der Waals surface area (Å²) < 4.78 is 0. The van der Waals surface area contributed by atoms with Gasteiger partial charge in [0, 0.05) is 18.8 Å². The van der Waals surface area contributed by atoms with Crippen LogP contribution in [0, 0.1) is 0 Å². The van der Waals surface area contributed by atoms with Crippen molar-refractivity contribution < 1.29 is 4.79 Å². The first-order chi connectivity index (χ1) is 6.02. The Labute approximate surface area is 79.0 Å². The highest BCUT2D eigenvalue weighted by Gasteiger charge is 2.22. The summed E-state index contributed by atoms with van der Waals surface area (Å²) in [6.07, 6.45) is 4.13. The molecule has 2 heteroatoms. The van der Waals surface area contributed by atoms with Gasteiger partial charge in [0.15, 0.2) is 0 Å². The fraction of sp³-hybridized carbons (Fsp3) is 0.455. The third-order valence-corrected chi connectivity index (χ3v) is 2.13. The molecule has 0 amide bonds. The van der Waals surface area contributed by atoms with Gasteiger partial charge in [-0.05, 0) is 24.0 Å². The zero-order valence-corrected chi connectivity index (χ0v) is 8.37. The Morgan fingerprint density at radius 2 is 2.23 bits per heavy atom. The van der Waals surface area contributed by atoms with Gasteiger partial charge in [0.1, 0.15) is 5.78 Å². The lowest BCUT2D eigenvalue weighted by atomic mass is 9.81. The van der Waals surface area contributed by atoms with Crippen LogP contribution in [0.5, 0.6) is 0 Å². The Morgan fingerprint density at radius 1 is 1.54 bits per heavy atom. The smallest absolute Gasteiger partial charge is 0.130 e. The molecule has 0 aliphatic carbocycles. The van der Waals surface area contributed by atoms with Gasteiger partial charge in [-0.3, -0.25) is 9.78 Å². The van der Waals surface area contributed by atoms with Crippen molar-refractivity contribution in [3.8, 4) is 0 Å². The number of Topliss-reactive ketones (excluding diaryl/α,β-unsaturated/α-hetero) is 1. The van der Waals surface area contributed by atoms with Gasteiger partial charge in [-0.2, -0.15) is 0 Å². The van der Waals surface area contributed by atoms with Crippen LogP contribution in [0.3, 0.4) is 0 Å². The standard InChI is InChI=1S/C11H15NO/c1-9(13)7-11(2,3)10-5-4-6-12-8-10/h4-6,8H,7H2,1-3H3. The molecule has 2 nitrogen and oxygen atoms in total. The molecule has 0 saturated heterocycles. The number of hydrogen-bond acceptors (Lipinski definition) is 2. The summed E-state index contributed by atoms with van der Waals surface area (Å²) >= 11 is 0. The first-order valence-corrected chi connectivity index (χ1v) is 4.42. The molecule has 0 bridgehead atoms. The summed E-state index contributed by atoms with van der Waals surface area (Å²) in [4.78, 5) is 15.1. The van der Waals surface area contributed by atoms with E-state index in [2.05, 4.69) is 18.8 Å². The molecule has 0 saturated carbocycles. The second kappa shape index (κ2) is 3.69. The van der Waals surface area contributed by atoms with Crippen LogP contribution in [0.1, 0.15) is 32.8 Å².